The summed E-state index contributed by atoms with van der Waals surface area (Å²) < 4.78 is 5.56. The summed E-state index contributed by atoms with van der Waals surface area (Å²) in [6.45, 7) is 1.07. The first-order valence-corrected chi connectivity index (χ1v) is 6.17. The third-order valence-electron chi connectivity index (χ3n) is 3.68. The number of furan rings is 1. The summed E-state index contributed by atoms with van der Waals surface area (Å²) in [6, 6.07) is 8.59. The molecule has 3 heteroatoms. The van der Waals surface area contributed by atoms with Crippen LogP contribution in [0, 0.1) is 5.92 Å². The number of nitrogens with zero attached hydrogens (tertiary/aromatic N) is 1. The Morgan fingerprint density at radius 2 is 2.12 bits per heavy atom. The van der Waals surface area contributed by atoms with Crippen LogP contribution in [0.3, 0.4) is 0 Å². The van der Waals surface area contributed by atoms with Crippen molar-refractivity contribution in [1.82, 2.24) is 0 Å². The van der Waals surface area contributed by atoms with Crippen molar-refractivity contribution in [1.29, 1.82) is 0 Å². The monoisotopic (exact) mass is 230 g/mol. The molecule has 2 N–H and O–H groups in total. The molecule has 0 aliphatic heterocycles. The van der Waals surface area contributed by atoms with Gasteiger partial charge in [-0.05, 0) is 30.9 Å². The highest BCUT2D eigenvalue weighted by atomic mass is 16.3. The molecule has 1 heterocycles. The van der Waals surface area contributed by atoms with Gasteiger partial charge in [0.05, 0.1) is 5.69 Å². The molecule has 1 aliphatic carbocycles. The molecule has 1 fully saturated rings. The molecule has 0 bridgehead atoms. The van der Waals surface area contributed by atoms with Crippen LogP contribution in [0.4, 0.5) is 5.69 Å². The van der Waals surface area contributed by atoms with E-state index in [1.54, 1.807) is 0 Å². The molecule has 1 aliphatic rings. The van der Waals surface area contributed by atoms with Crippen LogP contribution in [0.5, 0.6) is 0 Å². The van der Waals surface area contributed by atoms with Crippen LogP contribution in [0.2, 0.25) is 0 Å². The van der Waals surface area contributed by atoms with Crippen molar-refractivity contribution in [3.8, 4) is 0 Å². The topological polar surface area (TPSA) is 42.4 Å². The van der Waals surface area contributed by atoms with E-state index in [1.165, 1.54) is 11.1 Å². The van der Waals surface area contributed by atoms with Crippen molar-refractivity contribution in [3.05, 3.63) is 30.5 Å². The molecule has 0 saturated heterocycles. The molecule has 0 radical (unpaired) electrons. The van der Waals surface area contributed by atoms with Gasteiger partial charge >= 0.3 is 0 Å². The van der Waals surface area contributed by atoms with Gasteiger partial charge in [-0.1, -0.05) is 12.1 Å². The van der Waals surface area contributed by atoms with Gasteiger partial charge in [-0.15, -0.1) is 0 Å². The lowest BCUT2D eigenvalue weighted by molar-refractivity contribution is 0.271. The van der Waals surface area contributed by atoms with E-state index < -0.39 is 0 Å². The minimum atomic E-state index is 0.425. The predicted octanol–water partition coefficient (Wildman–Crippen LogP) is 2.61. The van der Waals surface area contributed by atoms with E-state index in [-0.39, 0.29) is 0 Å². The summed E-state index contributed by atoms with van der Waals surface area (Å²) in [4.78, 5) is 2.28. The number of nitrogens with two attached hydrogens (primary N) is 1. The van der Waals surface area contributed by atoms with Crippen LogP contribution >= 0.6 is 0 Å². The minimum Gasteiger partial charge on any atom is -0.462 e. The Morgan fingerprint density at radius 3 is 2.88 bits per heavy atom. The van der Waals surface area contributed by atoms with Crippen LogP contribution in [0.25, 0.3) is 11.0 Å². The average molecular weight is 230 g/mol. The van der Waals surface area contributed by atoms with Crippen molar-refractivity contribution < 1.29 is 4.42 Å². The normalized spacial score (nSPS) is 23.6. The fourth-order valence-electron chi connectivity index (χ4n) is 2.68. The molecular formula is C14H18N2O. The molecule has 3 nitrogen and oxygen atoms in total. The molecule has 2 aromatic rings. The Morgan fingerprint density at radius 1 is 1.35 bits per heavy atom. The van der Waals surface area contributed by atoms with Crippen LogP contribution in [0.1, 0.15) is 12.8 Å². The van der Waals surface area contributed by atoms with Crippen molar-refractivity contribution in [3.63, 3.8) is 0 Å². The number of anilines is 1. The van der Waals surface area contributed by atoms with Crippen LogP contribution in [-0.2, 0) is 0 Å². The summed E-state index contributed by atoms with van der Waals surface area (Å²) in [5.41, 5.74) is 7.96. The summed E-state index contributed by atoms with van der Waals surface area (Å²) >= 11 is 0. The molecule has 3 rings (SSSR count). The zero-order valence-electron chi connectivity index (χ0n) is 10.1. The molecule has 1 aromatic carbocycles. The summed E-state index contributed by atoms with van der Waals surface area (Å²) in [6.07, 6.45) is 4.16. The quantitative estimate of drug-likeness (QED) is 0.881. The van der Waals surface area contributed by atoms with Gasteiger partial charge in [-0.25, -0.2) is 0 Å². The fourth-order valence-corrected chi connectivity index (χ4v) is 2.68. The SMILES string of the molecule is CN(CC1CC(N)C1)c1coc2ccccc12. The maximum Gasteiger partial charge on any atom is 0.136 e. The van der Waals surface area contributed by atoms with E-state index >= 15 is 0 Å². The second-order valence-corrected chi connectivity index (χ2v) is 5.10. The van der Waals surface area contributed by atoms with Gasteiger partial charge < -0.3 is 15.1 Å². The molecule has 0 amide bonds. The van der Waals surface area contributed by atoms with Crippen LogP contribution in [0.15, 0.2) is 34.9 Å². The van der Waals surface area contributed by atoms with E-state index in [0.29, 0.717) is 6.04 Å². The van der Waals surface area contributed by atoms with Gasteiger partial charge in [0.25, 0.3) is 0 Å². The Bertz CT molecular complexity index is 514. The van der Waals surface area contributed by atoms with Crippen molar-refractivity contribution in [2.75, 3.05) is 18.5 Å². The third-order valence-corrected chi connectivity index (χ3v) is 3.68. The van der Waals surface area contributed by atoms with Crippen molar-refractivity contribution >= 4 is 16.7 Å². The molecule has 0 spiro atoms. The lowest BCUT2D eigenvalue weighted by atomic mass is 9.80. The first kappa shape index (κ1) is 10.7. The maximum atomic E-state index is 5.82. The van der Waals surface area contributed by atoms with E-state index in [4.69, 9.17) is 10.2 Å². The average Bonchev–Trinajstić information content (AvgIpc) is 2.70. The van der Waals surface area contributed by atoms with Crippen LogP contribution < -0.4 is 10.6 Å². The largest absolute Gasteiger partial charge is 0.462 e. The standard InChI is InChI=1S/C14H18N2O/c1-16(8-10-6-11(15)7-10)13-9-17-14-5-3-2-4-12(13)14/h2-5,9-11H,6-8,15H2,1H3. The van der Waals surface area contributed by atoms with Gasteiger partial charge in [-0.3, -0.25) is 0 Å². The molecule has 17 heavy (non-hydrogen) atoms. The molecule has 1 saturated carbocycles. The van der Waals surface area contributed by atoms with Crippen molar-refractivity contribution in [2.24, 2.45) is 11.7 Å². The molecule has 90 valence electrons. The van der Waals surface area contributed by atoms with Gasteiger partial charge in [0.1, 0.15) is 11.8 Å². The second-order valence-electron chi connectivity index (χ2n) is 5.10. The highest BCUT2D eigenvalue weighted by Gasteiger charge is 2.27. The summed E-state index contributed by atoms with van der Waals surface area (Å²) in [7, 11) is 2.13. The van der Waals surface area contributed by atoms with E-state index in [9.17, 15) is 0 Å². The third kappa shape index (κ3) is 1.91. The molecular weight excluding hydrogens is 212 g/mol. The number of hydrogen-bond acceptors (Lipinski definition) is 3. The Balaban J connectivity index is 1.78. The first-order chi connectivity index (χ1) is 8.24. The Hall–Kier alpha value is -1.48. The minimum absolute atomic E-state index is 0.425. The number of fused-ring (bicyclic) bond motifs is 1. The van der Waals surface area contributed by atoms with Gasteiger partial charge in [0.2, 0.25) is 0 Å². The maximum absolute atomic E-state index is 5.82. The predicted molar refractivity (Wildman–Crippen MR) is 70.2 cm³/mol. The summed E-state index contributed by atoms with van der Waals surface area (Å²) in [5, 5.41) is 1.19. The Labute approximate surface area is 101 Å². The summed E-state index contributed by atoms with van der Waals surface area (Å²) in [5.74, 6) is 0.740. The van der Waals surface area contributed by atoms with Gasteiger partial charge in [-0.2, -0.15) is 0 Å². The van der Waals surface area contributed by atoms with Gasteiger partial charge in [0, 0.05) is 25.0 Å². The highest BCUT2D eigenvalue weighted by molar-refractivity contribution is 5.90. The van der Waals surface area contributed by atoms with Gasteiger partial charge in [0.15, 0.2) is 0 Å². The highest BCUT2D eigenvalue weighted by Crippen LogP contribution is 2.32. The number of hydrogen-bond donors (Lipinski definition) is 1. The second kappa shape index (κ2) is 4.08. The number of rotatable bonds is 3. The molecule has 1 aromatic heterocycles. The first-order valence-electron chi connectivity index (χ1n) is 6.17. The zero-order chi connectivity index (χ0) is 11.8. The van der Waals surface area contributed by atoms with E-state index in [2.05, 4.69) is 24.1 Å². The zero-order valence-corrected chi connectivity index (χ0v) is 10.1. The lowest BCUT2D eigenvalue weighted by Crippen LogP contribution is -2.41. The lowest BCUT2D eigenvalue weighted by Gasteiger charge is -2.35. The number of para-hydroxylation sites is 1. The molecule has 0 unspecified atom stereocenters. The van der Waals surface area contributed by atoms with E-state index in [0.717, 1.165) is 30.9 Å². The smallest absolute Gasteiger partial charge is 0.136 e. The van der Waals surface area contributed by atoms with E-state index in [1.807, 2.05) is 18.4 Å². The number of benzene rings is 1. The van der Waals surface area contributed by atoms with Crippen LogP contribution in [-0.4, -0.2) is 19.6 Å². The fraction of sp³-hybridized carbons (Fsp3) is 0.429. The molecule has 0 atom stereocenters. The Kier molecular flexibility index (Phi) is 2.56. The van der Waals surface area contributed by atoms with Crippen molar-refractivity contribution in [2.45, 2.75) is 18.9 Å².